The normalized spacial score (nSPS) is 11.1. The molecule has 0 heterocycles. The molecule has 0 saturated carbocycles. The molecule has 0 heteroatoms. The standard InChI is InChI=1S/C11H14/c1-3-5-7-9-11-10-8-6-4-2/h5,7-11H,3H2,1-2H3/b7-5+,10-8+,11-9+. The molecule has 0 fully saturated rings. The van der Waals surface area contributed by atoms with E-state index in [2.05, 4.69) is 24.8 Å². The summed E-state index contributed by atoms with van der Waals surface area (Å²) in [6.07, 6.45) is 12.9. The number of hydrogen-bond donors (Lipinski definition) is 0. The fourth-order valence-electron chi connectivity index (χ4n) is 0.530. The number of rotatable bonds is 3. The van der Waals surface area contributed by atoms with Gasteiger partial charge in [0.15, 0.2) is 0 Å². The molecule has 0 aromatic heterocycles. The minimum absolute atomic E-state index is 1.09. The molecule has 0 aliphatic heterocycles. The average molecular weight is 146 g/mol. The topological polar surface area (TPSA) is 0 Å². The molecule has 0 aromatic carbocycles. The van der Waals surface area contributed by atoms with Crippen molar-refractivity contribution < 1.29 is 0 Å². The van der Waals surface area contributed by atoms with Gasteiger partial charge in [0.25, 0.3) is 0 Å². The fraction of sp³-hybridized carbons (Fsp3) is 0.273. The molecule has 58 valence electrons. The lowest BCUT2D eigenvalue weighted by molar-refractivity contribution is 1.22. The molecule has 11 heavy (non-hydrogen) atoms. The fourth-order valence-corrected chi connectivity index (χ4v) is 0.530. The van der Waals surface area contributed by atoms with Crippen LogP contribution < -0.4 is 0 Å². The summed E-state index contributed by atoms with van der Waals surface area (Å²) < 4.78 is 0. The second-order valence-corrected chi connectivity index (χ2v) is 1.97. The van der Waals surface area contributed by atoms with Crippen molar-refractivity contribution in [1.82, 2.24) is 0 Å². The highest BCUT2D eigenvalue weighted by atomic mass is 13.7. The van der Waals surface area contributed by atoms with E-state index in [1.165, 1.54) is 0 Å². The van der Waals surface area contributed by atoms with E-state index in [-0.39, 0.29) is 0 Å². The Labute approximate surface area is 69.3 Å². The Morgan fingerprint density at radius 3 is 2.45 bits per heavy atom. The SMILES string of the molecule is CC#C/C=C/C=C/C=C/CC. The summed E-state index contributed by atoms with van der Waals surface area (Å²) in [6.45, 7) is 3.94. The van der Waals surface area contributed by atoms with E-state index in [1.54, 1.807) is 0 Å². The van der Waals surface area contributed by atoms with Gasteiger partial charge >= 0.3 is 0 Å². The van der Waals surface area contributed by atoms with Crippen molar-refractivity contribution in [3.05, 3.63) is 36.5 Å². The third-order valence-corrected chi connectivity index (χ3v) is 1.03. The van der Waals surface area contributed by atoms with Crippen LogP contribution in [0.15, 0.2) is 36.5 Å². The molecular formula is C11H14. The summed E-state index contributed by atoms with van der Waals surface area (Å²) >= 11 is 0. The third kappa shape index (κ3) is 8.78. The van der Waals surface area contributed by atoms with Gasteiger partial charge in [0, 0.05) is 0 Å². The average Bonchev–Trinajstić information content (AvgIpc) is 2.03. The maximum Gasteiger partial charge on any atom is -0.00235 e. The second kappa shape index (κ2) is 8.78. The van der Waals surface area contributed by atoms with E-state index in [9.17, 15) is 0 Å². The number of hydrogen-bond acceptors (Lipinski definition) is 0. The van der Waals surface area contributed by atoms with E-state index in [1.807, 2.05) is 37.3 Å². The maximum absolute atomic E-state index is 2.83. The zero-order valence-electron chi connectivity index (χ0n) is 7.17. The first-order valence-electron chi connectivity index (χ1n) is 3.82. The van der Waals surface area contributed by atoms with Gasteiger partial charge in [-0.2, -0.15) is 0 Å². The second-order valence-electron chi connectivity index (χ2n) is 1.97. The third-order valence-electron chi connectivity index (χ3n) is 1.03. The monoisotopic (exact) mass is 146 g/mol. The summed E-state index contributed by atoms with van der Waals surface area (Å²) in [7, 11) is 0. The Kier molecular flexibility index (Phi) is 7.81. The van der Waals surface area contributed by atoms with Crippen molar-refractivity contribution in [3.8, 4) is 11.8 Å². The molecule has 0 spiro atoms. The van der Waals surface area contributed by atoms with E-state index in [4.69, 9.17) is 0 Å². The molecule has 0 aliphatic rings. The summed E-state index contributed by atoms with van der Waals surface area (Å²) in [5.74, 6) is 5.61. The predicted molar refractivity (Wildman–Crippen MR) is 51.2 cm³/mol. The Balaban J connectivity index is 3.57. The zero-order valence-corrected chi connectivity index (χ0v) is 7.17. The van der Waals surface area contributed by atoms with Crippen LogP contribution in [0.25, 0.3) is 0 Å². The van der Waals surface area contributed by atoms with Crippen molar-refractivity contribution in [3.63, 3.8) is 0 Å². The van der Waals surface area contributed by atoms with Gasteiger partial charge in [-0.05, 0) is 19.4 Å². The molecule has 0 aliphatic carbocycles. The first-order chi connectivity index (χ1) is 5.41. The predicted octanol–water partition coefficient (Wildman–Crippen LogP) is 3.09. The Hall–Kier alpha value is -1.22. The summed E-state index contributed by atoms with van der Waals surface area (Å²) in [5, 5.41) is 0. The van der Waals surface area contributed by atoms with Crippen LogP contribution in [-0.2, 0) is 0 Å². The highest BCUT2D eigenvalue weighted by Crippen LogP contribution is 1.82. The first-order valence-corrected chi connectivity index (χ1v) is 3.82. The summed E-state index contributed by atoms with van der Waals surface area (Å²) in [5.41, 5.74) is 0. The van der Waals surface area contributed by atoms with E-state index in [0.717, 1.165) is 6.42 Å². The molecule has 0 radical (unpaired) electrons. The Bertz CT molecular complexity index is 206. The van der Waals surface area contributed by atoms with Gasteiger partial charge in [0.1, 0.15) is 0 Å². The highest BCUT2D eigenvalue weighted by Gasteiger charge is 1.61. The van der Waals surface area contributed by atoms with Crippen molar-refractivity contribution in [2.24, 2.45) is 0 Å². The van der Waals surface area contributed by atoms with Gasteiger partial charge < -0.3 is 0 Å². The van der Waals surface area contributed by atoms with Crippen LogP contribution in [0.1, 0.15) is 20.3 Å². The van der Waals surface area contributed by atoms with Crippen molar-refractivity contribution in [2.45, 2.75) is 20.3 Å². The Morgan fingerprint density at radius 1 is 1.09 bits per heavy atom. The maximum atomic E-state index is 2.83. The molecule has 0 rings (SSSR count). The molecule has 0 N–H and O–H groups in total. The van der Waals surface area contributed by atoms with Crippen LogP contribution in [-0.4, -0.2) is 0 Å². The smallest absolute Gasteiger partial charge is 0.00235 e. The first kappa shape index (κ1) is 9.78. The molecule has 0 aromatic rings. The lowest BCUT2D eigenvalue weighted by atomic mass is 10.3. The molecule has 0 saturated heterocycles. The molecular weight excluding hydrogens is 132 g/mol. The largest absolute Gasteiger partial charge is 0.102 e. The zero-order chi connectivity index (χ0) is 8.36. The van der Waals surface area contributed by atoms with Crippen LogP contribution in [0.2, 0.25) is 0 Å². The van der Waals surface area contributed by atoms with Crippen molar-refractivity contribution in [2.75, 3.05) is 0 Å². The van der Waals surface area contributed by atoms with Gasteiger partial charge in [0.05, 0.1) is 0 Å². The molecule has 0 amide bonds. The minimum atomic E-state index is 1.09. The van der Waals surface area contributed by atoms with Crippen LogP contribution in [0.5, 0.6) is 0 Å². The van der Waals surface area contributed by atoms with Gasteiger partial charge in [-0.15, -0.1) is 5.92 Å². The molecule has 0 unspecified atom stereocenters. The summed E-state index contributed by atoms with van der Waals surface area (Å²) in [4.78, 5) is 0. The minimum Gasteiger partial charge on any atom is -0.102 e. The van der Waals surface area contributed by atoms with Gasteiger partial charge in [-0.1, -0.05) is 43.2 Å². The van der Waals surface area contributed by atoms with Crippen LogP contribution >= 0.6 is 0 Å². The molecule has 0 atom stereocenters. The van der Waals surface area contributed by atoms with E-state index >= 15 is 0 Å². The highest BCUT2D eigenvalue weighted by molar-refractivity contribution is 5.20. The van der Waals surface area contributed by atoms with Gasteiger partial charge in [-0.3, -0.25) is 0 Å². The van der Waals surface area contributed by atoms with Crippen LogP contribution in [0.3, 0.4) is 0 Å². The van der Waals surface area contributed by atoms with Crippen LogP contribution in [0.4, 0.5) is 0 Å². The summed E-state index contributed by atoms with van der Waals surface area (Å²) in [6, 6.07) is 0. The van der Waals surface area contributed by atoms with Crippen molar-refractivity contribution in [1.29, 1.82) is 0 Å². The van der Waals surface area contributed by atoms with E-state index < -0.39 is 0 Å². The lowest BCUT2D eigenvalue weighted by Gasteiger charge is -1.72. The van der Waals surface area contributed by atoms with Crippen LogP contribution in [0, 0.1) is 11.8 Å². The van der Waals surface area contributed by atoms with Gasteiger partial charge in [0.2, 0.25) is 0 Å². The molecule has 0 nitrogen and oxygen atoms in total. The number of allylic oxidation sites excluding steroid dienone is 6. The molecule has 0 bridgehead atoms. The van der Waals surface area contributed by atoms with Gasteiger partial charge in [-0.25, -0.2) is 0 Å². The van der Waals surface area contributed by atoms with Crippen molar-refractivity contribution >= 4 is 0 Å². The lowest BCUT2D eigenvalue weighted by Crippen LogP contribution is -1.52. The quantitative estimate of drug-likeness (QED) is 0.424. The van der Waals surface area contributed by atoms with E-state index in [0.29, 0.717) is 0 Å². The Morgan fingerprint density at radius 2 is 1.82 bits per heavy atom.